The van der Waals surface area contributed by atoms with Crippen LogP contribution in [0.4, 0.5) is 23.3 Å². The van der Waals surface area contributed by atoms with Crippen LogP contribution in [0.15, 0.2) is 30.5 Å². The second-order valence-corrected chi connectivity index (χ2v) is 7.36. The Morgan fingerprint density at radius 3 is 2.87 bits per heavy atom. The Labute approximate surface area is 179 Å². The number of likely N-dealkylation sites (N-methyl/N-ethyl adjacent to an activating group) is 1. The van der Waals surface area contributed by atoms with Crippen molar-refractivity contribution in [2.75, 3.05) is 31.3 Å². The van der Waals surface area contributed by atoms with Crippen LogP contribution in [0.5, 0.6) is 5.75 Å². The molecule has 0 atom stereocenters. The molecule has 0 radical (unpaired) electrons. The van der Waals surface area contributed by atoms with Gasteiger partial charge in [0.15, 0.2) is 11.0 Å². The number of nitrogens with one attached hydrogen (secondary N) is 2. The quantitative estimate of drug-likeness (QED) is 0.547. The van der Waals surface area contributed by atoms with E-state index in [0.29, 0.717) is 17.1 Å². The van der Waals surface area contributed by atoms with E-state index in [2.05, 4.69) is 54.9 Å². The average molecular weight is 428 g/mol. The van der Waals surface area contributed by atoms with Crippen molar-refractivity contribution in [3.63, 3.8) is 0 Å². The first kappa shape index (κ1) is 20.3. The lowest BCUT2D eigenvalue weighted by Gasteiger charge is -2.26. The lowest BCUT2D eigenvalue weighted by Crippen LogP contribution is -2.26. The predicted octanol–water partition coefficient (Wildman–Crippen LogP) is 2.90. The van der Waals surface area contributed by atoms with Crippen LogP contribution in [-0.2, 0) is 19.6 Å². The van der Waals surface area contributed by atoms with E-state index in [0.717, 1.165) is 25.2 Å². The first-order valence-corrected chi connectivity index (χ1v) is 9.82. The van der Waals surface area contributed by atoms with Crippen LogP contribution in [0.3, 0.4) is 0 Å². The van der Waals surface area contributed by atoms with Crippen LogP contribution in [0.2, 0.25) is 5.15 Å². The number of anilines is 4. The van der Waals surface area contributed by atoms with Gasteiger partial charge in [0.25, 0.3) is 0 Å². The first-order valence-electron chi connectivity index (χ1n) is 9.44. The highest BCUT2D eigenvalue weighted by Gasteiger charge is 2.18. The fourth-order valence-electron chi connectivity index (χ4n) is 3.35. The molecule has 1 aliphatic rings. The van der Waals surface area contributed by atoms with Gasteiger partial charge in [-0.2, -0.15) is 4.98 Å². The van der Waals surface area contributed by atoms with Crippen molar-refractivity contribution in [1.82, 2.24) is 25.1 Å². The molecular weight excluding hydrogens is 406 g/mol. The highest BCUT2D eigenvalue weighted by molar-refractivity contribution is 6.31. The fraction of sp³-hybridized carbons (Fsp3) is 0.300. The maximum atomic E-state index is 9.50. The van der Waals surface area contributed by atoms with Gasteiger partial charge in [-0.05, 0) is 42.8 Å². The molecule has 0 saturated heterocycles. The van der Waals surface area contributed by atoms with E-state index >= 15 is 0 Å². The van der Waals surface area contributed by atoms with E-state index in [9.17, 15) is 5.11 Å². The standard InChI is InChI=1S/C20H22ClN7O2/c1-28-7-5-12-9-16(30-2)15(8-14(12)10-28)23-20-25-19(17(21)26-27-20)24-18-13(11-29)4-3-6-22-18/h3-4,6,8-9,29H,5,7,10-11H2,1-2H3,(H2,22,23,24,25,27). The summed E-state index contributed by atoms with van der Waals surface area (Å²) in [5, 5.41) is 23.8. The van der Waals surface area contributed by atoms with Crippen molar-refractivity contribution in [2.45, 2.75) is 19.6 Å². The molecule has 0 unspecified atom stereocenters. The van der Waals surface area contributed by atoms with Gasteiger partial charge in [-0.1, -0.05) is 17.7 Å². The summed E-state index contributed by atoms with van der Waals surface area (Å²) in [5.41, 5.74) is 3.87. The lowest BCUT2D eigenvalue weighted by atomic mass is 9.99. The molecule has 10 heteroatoms. The molecule has 0 bridgehead atoms. The Bertz CT molecular complexity index is 1060. The molecule has 30 heavy (non-hydrogen) atoms. The third-order valence-corrected chi connectivity index (χ3v) is 5.17. The van der Waals surface area contributed by atoms with E-state index in [4.69, 9.17) is 16.3 Å². The number of rotatable bonds is 6. The molecule has 0 amide bonds. The number of methoxy groups -OCH3 is 1. The van der Waals surface area contributed by atoms with Crippen molar-refractivity contribution < 1.29 is 9.84 Å². The summed E-state index contributed by atoms with van der Waals surface area (Å²) in [4.78, 5) is 10.9. The molecule has 156 valence electrons. The normalized spacial score (nSPS) is 13.6. The van der Waals surface area contributed by atoms with Crippen molar-refractivity contribution in [1.29, 1.82) is 0 Å². The van der Waals surface area contributed by atoms with Crippen LogP contribution in [0.25, 0.3) is 0 Å². The van der Waals surface area contributed by atoms with Gasteiger partial charge in [0.1, 0.15) is 11.6 Å². The van der Waals surface area contributed by atoms with Gasteiger partial charge >= 0.3 is 0 Å². The number of aromatic nitrogens is 4. The molecule has 0 saturated carbocycles. The molecule has 0 fully saturated rings. The monoisotopic (exact) mass is 427 g/mol. The van der Waals surface area contributed by atoms with E-state index in [1.807, 2.05) is 0 Å². The number of pyridine rings is 1. The van der Waals surface area contributed by atoms with Gasteiger partial charge in [-0.25, -0.2) is 4.98 Å². The molecule has 3 N–H and O–H groups in total. The van der Waals surface area contributed by atoms with E-state index in [1.165, 1.54) is 11.1 Å². The molecular formula is C20H22ClN7O2. The van der Waals surface area contributed by atoms with Crippen molar-refractivity contribution in [3.8, 4) is 5.75 Å². The number of aliphatic hydroxyl groups is 1. The SMILES string of the molecule is COc1cc2c(cc1Nc1nnc(Cl)c(Nc3ncccc3CO)n1)CN(C)CC2. The Balaban J connectivity index is 1.63. The number of ether oxygens (including phenoxy) is 1. The number of fused-ring (bicyclic) bond motifs is 1. The van der Waals surface area contributed by atoms with Crippen LogP contribution in [0, 0.1) is 0 Å². The van der Waals surface area contributed by atoms with E-state index in [1.54, 1.807) is 25.4 Å². The number of hydrogen-bond donors (Lipinski definition) is 3. The number of aliphatic hydroxyl groups excluding tert-OH is 1. The Morgan fingerprint density at radius 1 is 1.20 bits per heavy atom. The third-order valence-electron chi connectivity index (χ3n) is 4.92. The summed E-state index contributed by atoms with van der Waals surface area (Å²) in [6.07, 6.45) is 2.59. The molecule has 3 aromatic rings. The summed E-state index contributed by atoms with van der Waals surface area (Å²) < 4.78 is 5.56. The zero-order valence-corrected chi connectivity index (χ0v) is 17.4. The molecule has 3 heterocycles. The topological polar surface area (TPSA) is 108 Å². The number of nitrogens with zero attached hydrogens (tertiary/aromatic N) is 5. The molecule has 2 aromatic heterocycles. The predicted molar refractivity (Wildman–Crippen MR) is 115 cm³/mol. The fourth-order valence-corrected chi connectivity index (χ4v) is 3.48. The minimum Gasteiger partial charge on any atom is -0.495 e. The van der Waals surface area contributed by atoms with Gasteiger partial charge in [0.2, 0.25) is 5.95 Å². The van der Waals surface area contributed by atoms with Crippen LogP contribution in [-0.4, -0.2) is 50.9 Å². The van der Waals surface area contributed by atoms with Crippen molar-refractivity contribution in [3.05, 3.63) is 52.3 Å². The summed E-state index contributed by atoms with van der Waals surface area (Å²) in [6, 6.07) is 7.60. The summed E-state index contributed by atoms with van der Waals surface area (Å²) in [6.45, 7) is 1.72. The van der Waals surface area contributed by atoms with Gasteiger partial charge in [0.05, 0.1) is 19.4 Å². The molecule has 1 aromatic carbocycles. The maximum Gasteiger partial charge on any atom is 0.249 e. The second kappa shape index (κ2) is 8.78. The molecule has 1 aliphatic heterocycles. The first-order chi connectivity index (χ1) is 14.6. The summed E-state index contributed by atoms with van der Waals surface area (Å²) in [5.74, 6) is 1.69. The lowest BCUT2D eigenvalue weighted by molar-refractivity contribution is 0.282. The largest absolute Gasteiger partial charge is 0.495 e. The third kappa shape index (κ3) is 4.28. The zero-order chi connectivity index (χ0) is 21.1. The Hall–Kier alpha value is -3.01. The Morgan fingerprint density at radius 2 is 2.07 bits per heavy atom. The minimum atomic E-state index is -0.168. The summed E-state index contributed by atoms with van der Waals surface area (Å²) >= 11 is 6.17. The van der Waals surface area contributed by atoms with Crippen molar-refractivity contribution in [2.24, 2.45) is 0 Å². The molecule has 0 spiro atoms. The minimum absolute atomic E-state index is 0.0918. The van der Waals surface area contributed by atoms with E-state index in [-0.39, 0.29) is 23.5 Å². The van der Waals surface area contributed by atoms with Gasteiger partial charge in [0, 0.05) is 24.8 Å². The second-order valence-electron chi connectivity index (χ2n) is 7.00. The molecule has 9 nitrogen and oxygen atoms in total. The number of benzene rings is 1. The molecule has 0 aliphatic carbocycles. The Kier molecular flexibility index (Phi) is 5.93. The highest BCUT2D eigenvalue weighted by Crippen LogP contribution is 2.33. The van der Waals surface area contributed by atoms with Crippen LogP contribution >= 0.6 is 11.6 Å². The number of halogens is 1. The van der Waals surface area contributed by atoms with Crippen LogP contribution in [0.1, 0.15) is 16.7 Å². The maximum absolute atomic E-state index is 9.50. The van der Waals surface area contributed by atoms with Gasteiger partial charge in [-0.15, -0.1) is 10.2 Å². The number of hydrogen-bond acceptors (Lipinski definition) is 9. The molecule has 4 rings (SSSR count). The van der Waals surface area contributed by atoms with Crippen LogP contribution < -0.4 is 15.4 Å². The summed E-state index contributed by atoms with van der Waals surface area (Å²) in [7, 11) is 3.73. The smallest absolute Gasteiger partial charge is 0.249 e. The zero-order valence-electron chi connectivity index (χ0n) is 16.7. The average Bonchev–Trinajstić information content (AvgIpc) is 2.76. The van der Waals surface area contributed by atoms with Gasteiger partial charge < -0.3 is 25.4 Å². The van der Waals surface area contributed by atoms with Gasteiger partial charge in [-0.3, -0.25) is 0 Å². The van der Waals surface area contributed by atoms with Crippen molar-refractivity contribution >= 4 is 34.9 Å². The van der Waals surface area contributed by atoms with E-state index < -0.39 is 0 Å². The highest BCUT2D eigenvalue weighted by atomic mass is 35.5.